The van der Waals surface area contributed by atoms with E-state index in [0.29, 0.717) is 18.3 Å². The number of hydrogen-bond acceptors (Lipinski definition) is 1. The monoisotopic (exact) mass is 285 g/mol. The van der Waals surface area contributed by atoms with Gasteiger partial charge in [0.1, 0.15) is 0 Å². The van der Waals surface area contributed by atoms with Crippen molar-refractivity contribution in [1.29, 1.82) is 0 Å². The molecule has 0 radical (unpaired) electrons. The van der Waals surface area contributed by atoms with Gasteiger partial charge in [0.15, 0.2) is 0 Å². The second-order valence-corrected chi connectivity index (χ2v) is 6.39. The Morgan fingerprint density at radius 3 is 2.30 bits per heavy atom. The minimum Gasteiger partial charge on any atom is -0.325 e. The highest BCUT2D eigenvalue weighted by Gasteiger charge is 2.37. The Kier molecular flexibility index (Phi) is 4.14. The van der Waals surface area contributed by atoms with Crippen molar-refractivity contribution in [2.45, 2.75) is 51.2 Å². The number of alkyl halides is 3. The van der Waals surface area contributed by atoms with E-state index in [-0.39, 0.29) is 5.54 Å². The lowest BCUT2D eigenvalue weighted by molar-refractivity contribution is -0.137. The van der Waals surface area contributed by atoms with Gasteiger partial charge in [0.25, 0.3) is 0 Å². The first-order valence-corrected chi connectivity index (χ1v) is 7.16. The largest absolute Gasteiger partial charge is 0.416 e. The van der Waals surface area contributed by atoms with Crippen LogP contribution in [0.2, 0.25) is 0 Å². The van der Waals surface area contributed by atoms with Crippen molar-refractivity contribution in [2.24, 2.45) is 17.6 Å². The second kappa shape index (κ2) is 5.40. The molecule has 0 amide bonds. The van der Waals surface area contributed by atoms with E-state index in [4.69, 9.17) is 5.73 Å². The summed E-state index contributed by atoms with van der Waals surface area (Å²) in [6, 6.07) is 5.41. The highest BCUT2D eigenvalue weighted by molar-refractivity contribution is 5.26. The molecule has 4 heteroatoms. The van der Waals surface area contributed by atoms with Gasteiger partial charge in [-0.05, 0) is 55.2 Å². The second-order valence-electron chi connectivity index (χ2n) is 6.39. The molecular formula is C16H22F3N. The fourth-order valence-electron chi connectivity index (χ4n) is 3.17. The molecule has 3 atom stereocenters. The fourth-order valence-corrected chi connectivity index (χ4v) is 3.17. The molecule has 0 spiro atoms. The van der Waals surface area contributed by atoms with Gasteiger partial charge in [0.05, 0.1) is 5.56 Å². The molecule has 3 unspecified atom stereocenters. The highest BCUT2D eigenvalue weighted by atomic mass is 19.4. The maximum Gasteiger partial charge on any atom is 0.416 e. The normalized spacial score (nSPS) is 31.3. The quantitative estimate of drug-likeness (QED) is 0.856. The number of benzene rings is 1. The third kappa shape index (κ3) is 3.35. The molecule has 20 heavy (non-hydrogen) atoms. The average Bonchev–Trinajstić information content (AvgIpc) is 2.34. The molecule has 0 bridgehead atoms. The van der Waals surface area contributed by atoms with Crippen LogP contribution in [0.4, 0.5) is 13.2 Å². The van der Waals surface area contributed by atoms with Crippen LogP contribution in [0.15, 0.2) is 24.3 Å². The van der Waals surface area contributed by atoms with Crippen molar-refractivity contribution in [2.75, 3.05) is 0 Å². The highest BCUT2D eigenvalue weighted by Crippen LogP contribution is 2.37. The van der Waals surface area contributed by atoms with Crippen molar-refractivity contribution in [3.05, 3.63) is 35.4 Å². The minimum atomic E-state index is -4.27. The molecule has 1 nitrogen and oxygen atoms in total. The van der Waals surface area contributed by atoms with Crippen molar-refractivity contribution < 1.29 is 13.2 Å². The molecule has 2 N–H and O–H groups in total. The predicted octanol–water partition coefficient (Wildman–Crippen LogP) is 4.40. The molecule has 0 saturated heterocycles. The summed E-state index contributed by atoms with van der Waals surface area (Å²) in [5, 5.41) is 0. The van der Waals surface area contributed by atoms with Gasteiger partial charge in [-0.3, -0.25) is 0 Å². The van der Waals surface area contributed by atoms with E-state index in [1.165, 1.54) is 0 Å². The molecule has 112 valence electrons. The zero-order valence-corrected chi connectivity index (χ0v) is 12.0. The van der Waals surface area contributed by atoms with Crippen LogP contribution >= 0.6 is 0 Å². The Labute approximate surface area is 118 Å². The van der Waals surface area contributed by atoms with Gasteiger partial charge in [-0.25, -0.2) is 0 Å². The number of rotatable bonds is 2. The van der Waals surface area contributed by atoms with Gasteiger partial charge in [-0.15, -0.1) is 0 Å². The molecule has 0 aromatic heterocycles. The van der Waals surface area contributed by atoms with Crippen LogP contribution in [0.3, 0.4) is 0 Å². The Balaban J connectivity index is 2.10. The lowest BCUT2D eigenvalue weighted by Gasteiger charge is -2.42. The minimum absolute atomic E-state index is 0.285. The molecule has 1 saturated carbocycles. The Morgan fingerprint density at radius 1 is 1.20 bits per heavy atom. The summed E-state index contributed by atoms with van der Waals surface area (Å²) < 4.78 is 37.6. The van der Waals surface area contributed by atoms with Crippen LogP contribution in [-0.2, 0) is 12.6 Å². The first-order valence-electron chi connectivity index (χ1n) is 7.16. The van der Waals surface area contributed by atoms with Crippen LogP contribution in [0, 0.1) is 11.8 Å². The summed E-state index contributed by atoms with van der Waals surface area (Å²) in [6.45, 7) is 4.38. The molecule has 0 heterocycles. The Bertz CT molecular complexity index is 452. The molecule has 1 aliphatic rings. The summed E-state index contributed by atoms with van der Waals surface area (Å²) in [6.07, 6.45) is -0.486. The maximum absolute atomic E-state index is 12.5. The van der Waals surface area contributed by atoms with Gasteiger partial charge in [0.2, 0.25) is 0 Å². The van der Waals surface area contributed by atoms with Gasteiger partial charge in [-0.2, -0.15) is 13.2 Å². The third-order valence-corrected chi connectivity index (χ3v) is 4.65. The van der Waals surface area contributed by atoms with Crippen LogP contribution < -0.4 is 5.73 Å². The van der Waals surface area contributed by atoms with Gasteiger partial charge in [0, 0.05) is 5.54 Å². The van der Waals surface area contributed by atoms with Crippen LogP contribution in [0.25, 0.3) is 0 Å². The molecule has 1 fully saturated rings. The first-order chi connectivity index (χ1) is 9.21. The van der Waals surface area contributed by atoms with Gasteiger partial charge in [-0.1, -0.05) is 26.0 Å². The third-order valence-electron chi connectivity index (χ3n) is 4.65. The van der Waals surface area contributed by atoms with Crippen LogP contribution in [0.5, 0.6) is 0 Å². The molecule has 0 aliphatic heterocycles. The van der Waals surface area contributed by atoms with Gasteiger partial charge < -0.3 is 5.73 Å². The predicted molar refractivity (Wildman–Crippen MR) is 74.2 cm³/mol. The lowest BCUT2D eigenvalue weighted by atomic mass is 9.68. The SMILES string of the molecule is CC1CCC(N)(Cc2ccc(C(F)(F)F)cc2)C(C)C1. The van der Waals surface area contributed by atoms with Crippen molar-refractivity contribution >= 4 is 0 Å². The summed E-state index contributed by atoms with van der Waals surface area (Å²) in [5.74, 6) is 1.09. The van der Waals surface area contributed by atoms with E-state index in [9.17, 15) is 13.2 Å². The topological polar surface area (TPSA) is 26.0 Å². The van der Waals surface area contributed by atoms with Crippen molar-refractivity contribution in [3.63, 3.8) is 0 Å². The zero-order chi connectivity index (χ0) is 15.0. The number of nitrogens with two attached hydrogens (primary N) is 1. The molecule has 1 aromatic rings. The standard InChI is InChI=1S/C16H22F3N/c1-11-7-8-15(20,12(2)9-11)10-13-3-5-14(6-4-13)16(17,18)19/h3-6,11-12H,7-10,20H2,1-2H3. The molecular weight excluding hydrogens is 263 g/mol. The van der Waals surface area contributed by atoms with Crippen molar-refractivity contribution in [3.8, 4) is 0 Å². The summed E-state index contributed by atoms with van der Waals surface area (Å²) >= 11 is 0. The zero-order valence-electron chi connectivity index (χ0n) is 12.0. The van der Waals surface area contributed by atoms with Gasteiger partial charge >= 0.3 is 6.18 Å². The molecule has 1 aromatic carbocycles. The van der Waals surface area contributed by atoms with E-state index in [1.807, 2.05) is 0 Å². The summed E-state index contributed by atoms with van der Waals surface area (Å²) in [5.41, 5.74) is 6.50. The van der Waals surface area contributed by atoms with E-state index in [2.05, 4.69) is 13.8 Å². The first kappa shape index (κ1) is 15.4. The molecule has 1 aliphatic carbocycles. The smallest absolute Gasteiger partial charge is 0.325 e. The van der Waals surface area contributed by atoms with E-state index < -0.39 is 11.7 Å². The maximum atomic E-state index is 12.5. The van der Waals surface area contributed by atoms with E-state index in [1.54, 1.807) is 12.1 Å². The van der Waals surface area contributed by atoms with Crippen molar-refractivity contribution in [1.82, 2.24) is 0 Å². The number of hydrogen-bond donors (Lipinski definition) is 1. The fraction of sp³-hybridized carbons (Fsp3) is 0.625. The Hall–Kier alpha value is -1.03. The molecule has 2 rings (SSSR count). The number of halogens is 3. The van der Waals surface area contributed by atoms with Crippen LogP contribution in [-0.4, -0.2) is 5.54 Å². The van der Waals surface area contributed by atoms with Crippen LogP contribution in [0.1, 0.15) is 44.2 Å². The summed E-state index contributed by atoms with van der Waals surface area (Å²) in [4.78, 5) is 0. The lowest BCUT2D eigenvalue weighted by Crippen LogP contribution is -2.51. The van der Waals surface area contributed by atoms with E-state index >= 15 is 0 Å². The summed E-state index contributed by atoms with van der Waals surface area (Å²) in [7, 11) is 0. The average molecular weight is 285 g/mol. The Morgan fingerprint density at radius 2 is 1.80 bits per heavy atom. The van der Waals surface area contributed by atoms with E-state index in [0.717, 1.165) is 37.0 Å².